The molecule has 1 aliphatic rings. The molecular formula is C15H31N3O2. The number of nitrogens with zero attached hydrogens (tertiary/aromatic N) is 2. The van der Waals surface area contributed by atoms with Crippen LogP contribution < -0.4 is 5.32 Å². The molecule has 5 heteroatoms. The predicted molar refractivity (Wildman–Crippen MR) is 82.1 cm³/mol. The predicted octanol–water partition coefficient (Wildman–Crippen LogP) is 1.25. The minimum atomic E-state index is -0.746. The molecule has 1 rings (SSSR count). The molecular weight excluding hydrogens is 254 g/mol. The van der Waals surface area contributed by atoms with Crippen molar-refractivity contribution >= 4 is 5.97 Å². The zero-order valence-corrected chi connectivity index (χ0v) is 13.3. The lowest BCUT2D eigenvalue weighted by Gasteiger charge is -2.35. The van der Waals surface area contributed by atoms with Crippen molar-refractivity contribution in [3.63, 3.8) is 0 Å². The van der Waals surface area contributed by atoms with Gasteiger partial charge >= 0.3 is 5.97 Å². The Bertz CT molecular complexity index is 285. The maximum Gasteiger partial charge on any atom is 0.323 e. The molecule has 0 aromatic carbocycles. The summed E-state index contributed by atoms with van der Waals surface area (Å²) >= 11 is 0. The number of piperazine rings is 1. The molecule has 0 bridgehead atoms. The quantitative estimate of drug-likeness (QED) is 0.668. The first-order valence-corrected chi connectivity index (χ1v) is 7.95. The van der Waals surface area contributed by atoms with Crippen LogP contribution in [0.25, 0.3) is 0 Å². The normalized spacial score (nSPS) is 20.8. The van der Waals surface area contributed by atoms with Gasteiger partial charge in [0.15, 0.2) is 0 Å². The molecule has 1 fully saturated rings. The molecule has 0 aromatic rings. The van der Waals surface area contributed by atoms with Gasteiger partial charge < -0.3 is 20.2 Å². The third kappa shape index (κ3) is 4.72. The first-order chi connectivity index (χ1) is 9.57. The largest absolute Gasteiger partial charge is 0.480 e. The maximum atomic E-state index is 11.4. The first-order valence-electron chi connectivity index (χ1n) is 7.95. The summed E-state index contributed by atoms with van der Waals surface area (Å²) in [7, 11) is 1.75. The van der Waals surface area contributed by atoms with E-state index in [1.54, 1.807) is 7.05 Å². The Hall–Kier alpha value is -0.650. The van der Waals surface area contributed by atoms with Gasteiger partial charge in [-0.1, -0.05) is 13.8 Å². The van der Waals surface area contributed by atoms with Crippen LogP contribution in [0.15, 0.2) is 0 Å². The van der Waals surface area contributed by atoms with Gasteiger partial charge in [0.25, 0.3) is 0 Å². The van der Waals surface area contributed by atoms with Crippen molar-refractivity contribution in [1.82, 2.24) is 15.1 Å². The fraction of sp³-hybridized carbons (Fsp3) is 0.933. The standard InChI is InChI=1S/C15H31N3O2/c1-4-8-17-10-12-18(13-11-17)9-6-7-15(5-2,16-3)14(19)20/h16H,4-13H2,1-3H3,(H,19,20). The summed E-state index contributed by atoms with van der Waals surface area (Å²) in [6.45, 7) is 10.9. The lowest BCUT2D eigenvalue weighted by molar-refractivity contribution is -0.145. The van der Waals surface area contributed by atoms with Gasteiger partial charge in [0.1, 0.15) is 5.54 Å². The van der Waals surface area contributed by atoms with Gasteiger partial charge in [-0.15, -0.1) is 0 Å². The monoisotopic (exact) mass is 285 g/mol. The molecule has 118 valence electrons. The SMILES string of the molecule is CCCN1CCN(CCCC(CC)(NC)C(=O)O)CC1. The second-order valence-electron chi connectivity index (χ2n) is 5.78. The number of carboxylic acids is 1. The van der Waals surface area contributed by atoms with E-state index >= 15 is 0 Å². The van der Waals surface area contributed by atoms with Crippen LogP contribution in [0.1, 0.15) is 39.5 Å². The molecule has 0 aliphatic carbocycles. The smallest absolute Gasteiger partial charge is 0.323 e. The van der Waals surface area contributed by atoms with Gasteiger partial charge in [0.2, 0.25) is 0 Å². The number of nitrogens with one attached hydrogen (secondary N) is 1. The summed E-state index contributed by atoms with van der Waals surface area (Å²) in [5.74, 6) is -0.727. The van der Waals surface area contributed by atoms with Crippen LogP contribution in [-0.4, -0.2) is 72.7 Å². The molecule has 1 saturated heterocycles. The Morgan fingerprint density at radius 2 is 1.70 bits per heavy atom. The highest BCUT2D eigenvalue weighted by molar-refractivity contribution is 5.78. The minimum Gasteiger partial charge on any atom is -0.480 e. The van der Waals surface area contributed by atoms with E-state index in [0.29, 0.717) is 12.8 Å². The minimum absolute atomic E-state index is 0.628. The molecule has 0 aromatic heterocycles. The van der Waals surface area contributed by atoms with Gasteiger partial charge in [-0.2, -0.15) is 0 Å². The summed E-state index contributed by atoms with van der Waals surface area (Å²) in [5.41, 5.74) is -0.746. The molecule has 1 heterocycles. The Morgan fingerprint density at radius 1 is 1.15 bits per heavy atom. The highest BCUT2D eigenvalue weighted by atomic mass is 16.4. The van der Waals surface area contributed by atoms with Crippen molar-refractivity contribution in [2.75, 3.05) is 46.3 Å². The number of rotatable bonds is 9. The van der Waals surface area contributed by atoms with E-state index in [9.17, 15) is 9.90 Å². The van der Waals surface area contributed by atoms with E-state index in [0.717, 1.165) is 39.1 Å². The fourth-order valence-electron chi connectivity index (χ4n) is 3.00. The molecule has 1 aliphatic heterocycles. The van der Waals surface area contributed by atoms with Crippen LogP contribution in [0.5, 0.6) is 0 Å². The molecule has 0 amide bonds. The Labute approximate surface area is 123 Å². The van der Waals surface area contributed by atoms with E-state index in [1.807, 2.05) is 6.92 Å². The molecule has 20 heavy (non-hydrogen) atoms. The number of likely N-dealkylation sites (N-methyl/N-ethyl adjacent to an activating group) is 1. The summed E-state index contributed by atoms with van der Waals surface area (Å²) in [6, 6.07) is 0. The lowest BCUT2D eigenvalue weighted by atomic mass is 9.90. The zero-order chi connectivity index (χ0) is 15.0. The van der Waals surface area contributed by atoms with Gasteiger partial charge in [-0.25, -0.2) is 0 Å². The first kappa shape index (κ1) is 17.4. The average Bonchev–Trinajstić information content (AvgIpc) is 2.46. The molecule has 1 unspecified atom stereocenters. The van der Waals surface area contributed by atoms with Gasteiger partial charge in [-0.05, 0) is 45.8 Å². The van der Waals surface area contributed by atoms with Crippen molar-refractivity contribution < 1.29 is 9.90 Å². The number of hydrogen-bond acceptors (Lipinski definition) is 4. The van der Waals surface area contributed by atoms with Crippen LogP contribution >= 0.6 is 0 Å². The lowest BCUT2D eigenvalue weighted by Crippen LogP contribution is -2.51. The molecule has 0 spiro atoms. The molecule has 0 saturated carbocycles. The zero-order valence-electron chi connectivity index (χ0n) is 13.3. The highest BCUT2D eigenvalue weighted by Crippen LogP contribution is 2.18. The van der Waals surface area contributed by atoms with E-state index < -0.39 is 11.5 Å². The fourth-order valence-corrected chi connectivity index (χ4v) is 3.00. The van der Waals surface area contributed by atoms with E-state index in [-0.39, 0.29) is 0 Å². The van der Waals surface area contributed by atoms with Crippen LogP contribution in [0, 0.1) is 0 Å². The topological polar surface area (TPSA) is 55.8 Å². The van der Waals surface area contributed by atoms with Crippen molar-refractivity contribution in [2.45, 2.75) is 45.1 Å². The molecule has 2 N–H and O–H groups in total. The number of aliphatic carboxylic acids is 1. The van der Waals surface area contributed by atoms with Crippen LogP contribution in [0.2, 0.25) is 0 Å². The third-order valence-corrected chi connectivity index (χ3v) is 4.57. The summed E-state index contributed by atoms with van der Waals surface area (Å²) in [4.78, 5) is 16.4. The number of carboxylic acid groups (broad SMARTS) is 1. The van der Waals surface area contributed by atoms with Gasteiger partial charge in [0.05, 0.1) is 0 Å². The van der Waals surface area contributed by atoms with Gasteiger partial charge in [-0.3, -0.25) is 4.79 Å². The molecule has 1 atom stereocenters. The molecule has 5 nitrogen and oxygen atoms in total. The van der Waals surface area contributed by atoms with Gasteiger partial charge in [0, 0.05) is 26.2 Å². The van der Waals surface area contributed by atoms with Crippen molar-refractivity contribution in [2.24, 2.45) is 0 Å². The van der Waals surface area contributed by atoms with Crippen LogP contribution in [0.3, 0.4) is 0 Å². The maximum absolute atomic E-state index is 11.4. The Kier molecular flexibility index (Phi) is 7.48. The summed E-state index contributed by atoms with van der Waals surface area (Å²) < 4.78 is 0. The van der Waals surface area contributed by atoms with E-state index in [1.165, 1.54) is 13.0 Å². The van der Waals surface area contributed by atoms with E-state index in [2.05, 4.69) is 22.0 Å². The van der Waals surface area contributed by atoms with Crippen molar-refractivity contribution in [3.05, 3.63) is 0 Å². The summed E-state index contributed by atoms with van der Waals surface area (Å²) in [6.07, 6.45) is 3.49. The van der Waals surface area contributed by atoms with Crippen molar-refractivity contribution in [3.8, 4) is 0 Å². The Balaban J connectivity index is 2.29. The highest BCUT2D eigenvalue weighted by Gasteiger charge is 2.34. The van der Waals surface area contributed by atoms with Crippen LogP contribution in [0.4, 0.5) is 0 Å². The third-order valence-electron chi connectivity index (χ3n) is 4.57. The average molecular weight is 285 g/mol. The Morgan fingerprint density at radius 3 is 2.10 bits per heavy atom. The number of carbonyl (C=O) groups is 1. The van der Waals surface area contributed by atoms with Crippen molar-refractivity contribution in [1.29, 1.82) is 0 Å². The molecule has 0 radical (unpaired) electrons. The second kappa shape index (κ2) is 8.60. The second-order valence-corrected chi connectivity index (χ2v) is 5.78. The summed E-state index contributed by atoms with van der Waals surface area (Å²) in [5, 5.41) is 12.4. The van der Waals surface area contributed by atoms with E-state index in [4.69, 9.17) is 0 Å². The van der Waals surface area contributed by atoms with Crippen LogP contribution in [-0.2, 0) is 4.79 Å². The number of hydrogen-bond donors (Lipinski definition) is 2.